The van der Waals surface area contributed by atoms with E-state index >= 15 is 0 Å². The van der Waals surface area contributed by atoms with Crippen molar-refractivity contribution >= 4 is 17.8 Å². The highest BCUT2D eigenvalue weighted by molar-refractivity contribution is 5.98. The van der Waals surface area contributed by atoms with E-state index in [1.165, 1.54) is 19.2 Å². The molecule has 0 heterocycles. The fourth-order valence-electron chi connectivity index (χ4n) is 6.86. The number of carbonyl (C=O) groups is 3. The van der Waals surface area contributed by atoms with Crippen LogP contribution in [0.5, 0.6) is 11.5 Å². The predicted molar refractivity (Wildman–Crippen MR) is 143 cm³/mol. The Bertz CT molecular complexity index is 1220. The Hall–Kier alpha value is -3.35. The van der Waals surface area contributed by atoms with Crippen LogP contribution in [0.2, 0.25) is 0 Å². The normalized spacial score (nSPS) is 31.6. The van der Waals surface area contributed by atoms with Gasteiger partial charge in [0.2, 0.25) is 5.91 Å². The molecule has 2 bridgehead atoms. The number of halogens is 1. The summed E-state index contributed by atoms with van der Waals surface area (Å²) in [4.78, 5) is 38.4. The summed E-state index contributed by atoms with van der Waals surface area (Å²) in [5, 5.41) is 25.3. The van der Waals surface area contributed by atoms with Gasteiger partial charge in [0.25, 0.3) is 5.91 Å². The van der Waals surface area contributed by atoms with Crippen molar-refractivity contribution in [1.82, 2.24) is 10.6 Å². The number of aliphatic carboxylic acids is 1. The van der Waals surface area contributed by atoms with E-state index in [1.54, 1.807) is 6.92 Å². The van der Waals surface area contributed by atoms with Crippen LogP contribution in [0.15, 0.2) is 12.1 Å². The second-order valence-corrected chi connectivity index (χ2v) is 12.6. The Morgan fingerprint density at radius 3 is 2.40 bits per heavy atom. The van der Waals surface area contributed by atoms with Crippen LogP contribution in [0.1, 0.15) is 80.6 Å². The molecule has 1 aromatic carbocycles. The van der Waals surface area contributed by atoms with Crippen LogP contribution >= 0.6 is 0 Å². The summed E-state index contributed by atoms with van der Waals surface area (Å²) >= 11 is 0. The minimum atomic E-state index is -0.825. The van der Waals surface area contributed by atoms with Crippen molar-refractivity contribution in [2.24, 2.45) is 28.6 Å². The first-order valence-corrected chi connectivity index (χ1v) is 14.3. The van der Waals surface area contributed by atoms with Gasteiger partial charge < -0.3 is 25.2 Å². The van der Waals surface area contributed by atoms with Gasteiger partial charge in [0, 0.05) is 24.1 Å². The smallest absolute Gasteiger partial charge is 0.309 e. The monoisotopic (exact) mass is 555 g/mol. The van der Waals surface area contributed by atoms with Crippen LogP contribution in [0.25, 0.3) is 0 Å². The summed E-state index contributed by atoms with van der Waals surface area (Å²) in [5.74, 6) is -0.887. The third-order valence-corrected chi connectivity index (χ3v) is 9.91. The van der Waals surface area contributed by atoms with Gasteiger partial charge in [0.15, 0.2) is 0 Å². The first kappa shape index (κ1) is 28.2. The number of alkyl halides is 1. The lowest BCUT2D eigenvalue weighted by Gasteiger charge is -2.34. The van der Waals surface area contributed by atoms with Crippen LogP contribution < -0.4 is 20.1 Å². The standard InChI is InChI=1S/C30H38FN3O6/c1-29(28(37)38)7-5-20(6-8-29)40-22-13-21(23(39-2)12-19(22)14-32)26(35)34-25-18-4-3-17(11-18)24(25)27(36)33-16-30(15-31)9-10-30/h12-13,17-18,20,24-25H,3-11,15-16H2,1-2H3,(H,33,36)(H,34,35)(H,37,38). The summed E-state index contributed by atoms with van der Waals surface area (Å²) in [5.41, 5.74) is -0.779. The Morgan fingerprint density at radius 1 is 1.10 bits per heavy atom. The number of carbonyl (C=O) groups excluding carboxylic acids is 2. The molecule has 0 aliphatic heterocycles. The molecule has 1 aromatic rings. The second kappa shape index (κ2) is 10.9. The van der Waals surface area contributed by atoms with Crippen molar-refractivity contribution in [3.8, 4) is 17.6 Å². The van der Waals surface area contributed by atoms with Crippen LogP contribution in [-0.2, 0) is 9.59 Å². The largest absolute Gasteiger partial charge is 0.496 e. The van der Waals surface area contributed by atoms with Gasteiger partial charge in [0.05, 0.1) is 42.3 Å². The van der Waals surface area contributed by atoms with E-state index in [0.29, 0.717) is 32.2 Å². The van der Waals surface area contributed by atoms with Crippen molar-refractivity contribution in [3.63, 3.8) is 0 Å². The molecule has 0 aromatic heterocycles. The molecule has 0 saturated heterocycles. The number of carboxylic acids is 1. The second-order valence-electron chi connectivity index (χ2n) is 12.6. The lowest BCUT2D eigenvalue weighted by Crippen LogP contribution is -2.50. The number of benzene rings is 1. The quantitative estimate of drug-likeness (QED) is 0.397. The number of rotatable bonds is 10. The van der Waals surface area contributed by atoms with E-state index < -0.39 is 29.4 Å². The molecule has 2 amide bonds. The molecular formula is C30H38FN3O6. The van der Waals surface area contributed by atoms with Crippen molar-refractivity contribution < 1.29 is 33.4 Å². The number of nitrogens with one attached hydrogen (secondary N) is 2. The van der Waals surface area contributed by atoms with Crippen LogP contribution in [0.3, 0.4) is 0 Å². The zero-order valence-corrected chi connectivity index (χ0v) is 23.1. The van der Waals surface area contributed by atoms with Gasteiger partial charge in [0.1, 0.15) is 17.6 Å². The molecule has 40 heavy (non-hydrogen) atoms. The van der Waals surface area contributed by atoms with Crippen LogP contribution in [-0.4, -0.2) is 55.4 Å². The van der Waals surface area contributed by atoms with Gasteiger partial charge in [-0.1, -0.05) is 0 Å². The molecule has 5 rings (SSSR count). The topological polar surface area (TPSA) is 138 Å². The average molecular weight is 556 g/mol. The summed E-state index contributed by atoms with van der Waals surface area (Å²) in [7, 11) is 1.42. The average Bonchev–Trinajstić information content (AvgIpc) is 3.46. The summed E-state index contributed by atoms with van der Waals surface area (Å²) in [6.45, 7) is 1.62. The van der Waals surface area contributed by atoms with E-state index in [9.17, 15) is 29.1 Å². The number of nitrogens with zero attached hydrogens (tertiary/aromatic N) is 1. The first-order valence-electron chi connectivity index (χ1n) is 14.3. The van der Waals surface area contributed by atoms with E-state index in [2.05, 4.69) is 16.7 Å². The Kier molecular flexibility index (Phi) is 7.68. The lowest BCUT2D eigenvalue weighted by atomic mass is 9.75. The van der Waals surface area contributed by atoms with Gasteiger partial charge in [-0.25, -0.2) is 0 Å². The van der Waals surface area contributed by atoms with Gasteiger partial charge in [-0.15, -0.1) is 0 Å². The van der Waals surface area contributed by atoms with E-state index in [1.807, 2.05) is 0 Å². The number of ether oxygens (including phenoxy) is 2. The van der Waals surface area contributed by atoms with Gasteiger partial charge in [-0.05, 0) is 82.6 Å². The number of nitriles is 1. The Morgan fingerprint density at radius 2 is 1.80 bits per heavy atom. The predicted octanol–water partition coefficient (Wildman–Crippen LogP) is 3.99. The molecule has 4 aliphatic carbocycles. The molecule has 4 atom stereocenters. The molecule has 0 spiro atoms. The zero-order chi connectivity index (χ0) is 28.7. The maximum Gasteiger partial charge on any atom is 0.309 e. The highest BCUT2D eigenvalue weighted by Crippen LogP contribution is 2.50. The zero-order valence-electron chi connectivity index (χ0n) is 23.1. The minimum Gasteiger partial charge on any atom is -0.496 e. The van der Waals surface area contributed by atoms with Gasteiger partial charge >= 0.3 is 5.97 Å². The fraction of sp³-hybridized carbons (Fsp3) is 0.667. The first-order chi connectivity index (χ1) is 19.1. The molecule has 4 saturated carbocycles. The summed E-state index contributed by atoms with van der Waals surface area (Å²) < 4.78 is 25.0. The summed E-state index contributed by atoms with van der Waals surface area (Å²) in [6, 6.07) is 4.75. The number of fused-ring (bicyclic) bond motifs is 2. The van der Waals surface area contributed by atoms with E-state index in [4.69, 9.17) is 9.47 Å². The Balaban J connectivity index is 1.31. The maximum absolute atomic E-state index is 13.6. The number of carboxylic acid groups (broad SMARTS) is 1. The SMILES string of the molecule is COc1cc(C#N)c(OC2CCC(C)(C(=O)O)CC2)cc1C(=O)NC1C2CCC(C2)C1C(=O)NCC1(CF)CC1. The molecule has 9 nitrogen and oxygen atoms in total. The molecule has 3 N–H and O–H groups in total. The van der Waals surface area contributed by atoms with Gasteiger partial charge in [-0.3, -0.25) is 18.8 Å². The number of amides is 2. The van der Waals surface area contributed by atoms with E-state index in [-0.39, 0.29) is 58.4 Å². The fourth-order valence-corrected chi connectivity index (χ4v) is 6.86. The number of methoxy groups -OCH3 is 1. The van der Waals surface area contributed by atoms with Crippen LogP contribution in [0.4, 0.5) is 4.39 Å². The molecule has 0 radical (unpaired) electrons. The van der Waals surface area contributed by atoms with Crippen molar-refractivity contribution in [2.75, 3.05) is 20.3 Å². The van der Waals surface area contributed by atoms with Crippen LogP contribution in [0, 0.1) is 39.9 Å². The number of hydrogen-bond donors (Lipinski definition) is 3. The van der Waals surface area contributed by atoms with Gasteiger partial charge in [-0.2, -0.15) is 5.26 Å². The third-order valence-electron chi connectivity index (χ3n) is 9.91. The molecular weight excluding hydrogens is 517 g/mol. The number of hydrogen-bond acceptors (Lipinski definition) is 6. The summed E-state index contributed by atoms with van der Waals surface area (Å²) in [6.07, 6.45) is 5.98. The van der Waals surface area contributed by atoms with Crippen molar-refractivity contribution in [3.05, 3.63) is 23.3 Å². The molecule has 10 heteroatoms. The highest BCUT2D eigenvalue weighted by atomic mass is 19.1. The van der Waals surface area contributed by atoms with E-state index in [0.717, 1.165) is 32.1 Å². The molecule has 216 valence electrons. The maximum atomic E-state index is 13.6. The Labute approximate surface area is 233 Å². The third kappa shape index (κ3) is 5.35. The molecule has 4 aliphatic rings. The molecule has 4 fully saturated rings. The van der Waals surface area contributed by atoms with Crippen molar-refractivity contribution in [2.45, 2.75) is 76.9 Å². The highest BCUT2D eigenvalue weighted by Gasteiger charge is 2.52. The molecule has 4 unspecified atom stereocenters. The minimum absolute atomic E-state index is 0.126. The lowest BCUT2D eigenvalue weighted by molar-refractivity contribution is -0.150. The van der Waals surface area contributed by atoms with Crippen molar-refractivity contribution in [1.29, 1.82) is 5.26 Å².